The highest BCUT2D eigenvalue weighted by Crippen LogP contribution is 2.23. The van der Waals surface area contributed by atoms with Gasteiger partial charge in [0.15, 0.2) is 6.61 Å². The van der Waals surface area contributed by atoms with Gasteiger partial charge < -0.3 is 9.47 Å². The number of pyridine rings is 1. The van der Waals surface area contributed by atoms with E-state index in [9.17, 15) is 9.59 Å². The number of amides is 2. The molecular weight excluding hydrogens is 426 g/mol. The van der Waals surface area contributed by atoms with Crippen LogP contribution in [0.3, 0.4) is 0 Å². The average molecular weight is 442 g/mol. The number of halogens is 1. The minimum absolute atomic E-state index is 0.270. The first-order valence-corrected chi connectivity index (χ1v) is 9.06. The molecule has 142 valence electrons. The molecule has 0 fully saturated rings. The van der Waals surface area contributed by atoms with Gasteiger partial charge in [-0.05, 0) is 42.5 Å². The van der Waals surface area contributed by atoms with Gasteiger partial charge in [0, 0.05) is 28.4 Å². The Morgan fingerprint density at radius 1 is 0.929 bits per heavy atom. The van der Waals surface area contributed by atoms with E-state index >= 15 is 0 Å². The van der Waals surface area contributed by atoms with Crippen LogP contribution in [0.25, 0.3) is 0 Å². The van der Waals surface area contributed by atoms with Crippen molar-refractivity contribution < 1.29 is 19.1 Å². The van der Waals surface area contributed by atoms with E-state index in [0.29, 0.717) is 22.9 Å². The van der Waals surface area contributed by atoms with Gasteiger partial charge in [0.1, 0.15) is 11.5 Å². The van der Waals surface area contributed by atoms with Crippen LogP contribution in [0, 0.1) is 0 Å². The zero-order chi connectivity index (χ0) is 19.8. The Hall–Kier alpha value is -3.39. The number of carbonyl (C=O) groups is 2. The molecule has 0 atom stereocenters. The minimum atomic E-state index is -0.499. The molecule has 0 saturated carbocycles. The van der Waals surface area contributed by atoms with Crippen molar-refractivity contribution in [2.45, 2.75) is 0 Å². The summed E-state index contributed by atoms with van der Waals surface area (Å²) in [6, 6.07) is 18.9. The van der Waals surface area contributed by atoms with Gasteiger partial charge in [-0.2, -0.15) is 0 Å². The molecule has 3 aromatic rings. The normalized spacial score (nSPS) is 10.0. The molecule has 0 aliphatic heterocycles. The highest BCUT2D eigenvalue weighted by molar-refractivity contribution is 9.10. The van der Waals surface area contributed by atoms with E-state index in [1.54, 1.807) is 66.9 Å². The number of nitrogens with zero attached hydrogens (tertiary/aromatic N) is 1. The largest absolute Gasteiger partial charge is 0.484 e. The average Bonchev–Trinajstić information content (AvgIpc) is 2.72. The number of carbonyl (C=O) groups excluding carboxylic acids is 2. The molecule has 2 amide bonds. The summed E-state index contributed by atoms with van der Waals surface area (Å²) >= 11 is 3.29. The minimum Gasteiger partial charge on any atom is -0.484 e. The Kier molecular flexibility index (Phi) is 6.59. The van der Waals surface area contributed by atoms with Gasteiger partial charge in [0.05, 0.1) is 0 Å². The molecule has 0 aliphatic rings. The lowest BCUT2D eigenvalue weighted by atomic mass is 10.2. The predicted molar refractivity (Wildman–Crippen MR) is 106 cm³/mol. The quantitative estimate of drug-likeness (QED) is 0.571. The summed E-state index contributed by atoms with van der Waals surface area (Å²) in [6.07, 6.45) is 1.63. The summed E-state index contributed by atoms with van der Waals surface area (Å²) in [5.74, 6) is 0.504. The predicted octanol–water partition coefficient (Wildman–Crippen LogP) is 3.48. The molecular formula is C20H16BrN3O4. The molecule has 2 N–H and O–H groups in total. The van der Waals surface area contributed by atoms with E-state index in [1.807, 2.05) is 6.07 Å². The van der Waals surface area contributed by atoms with Gasteiger partial charge in [-0.25, -0.2) is 4.98 Å². The van der Waals surface area contributed by atoms with Crippen LogP contribution in [0.5, 0.6) is 17.4 Å². The van der Waals surface area contributed by atoms with Crippen LogP contribution in [-0.2, 0) is 4.79 Å². The Labute approximate surface area is 169 Å². The zero-order valence-electron chi connectivity index (χ0n) is 14.6. The summed E-state index contributed by atoms with van der Waals surface area (Å²) in [4.78, 5) is 27.9. The fourth-order valence-electron chi connectivity index (χ4n) is 2.14. The molecule has 0 aliphatic carbocycles. The lowest BCUT2D eigenvalue weighted by molar-refractivity contribution is -0.123. The maximum Gasteiger partial charge on any atom is 0.276 e. The van der Waals surface area contributed by atoms with Gasteiger partial charge in [-0.1, -0.05) is 28.1 Å². The molecule has 1 heterocycles. The van der Waals surface area contributed by atoms with Crippen LogP contribution >= 0.6 is 15.9 Å². The highest BCUT2D eigenvalue weighted by Gasteiger charge is 2.08. The third-order valence-electron chi connectivity index (χ3n) is 3.46. The van der Waals surface area contributed by atoms with E-state index < -0.39 is 11.8 Å². The molecule has 0 bridgehead atoms. The second-order valence-corrected chi connectivity index (χ2v) is 6.46. The fourth-order valence-corrected chi connectivity index (χ4v) is 2.40. The summed E-state index contributed by atoms with van der Waals surface area (Å²) < 4.78 is 11.9. The fraction of sp³-hybridized carbons (Fsp3) is 0.0500. The Morgan fingerprint density at radius 3 is 2.46 bits per heavy atom. The lowest BCUT2D eigenvalue weighted by Gasteiger charge is -2.10. The zero-order valence-corrected chi connectivity index (χ0v) is 16.2. The number of nitrogens with one attached hydrogen (secondary N) is 2. The van der Waals surface area contributed by atoms with Gasteiger partial charge in [0.2, 0.25) is 5.88 Å². The van der Waals surface area contributed by atoms with Gasteiger partial charge >= 0.3 is 0 Å². The first-order chi connectivity index (χ1) is 13.6. The van der Waals surface area contributed by atoms with Crippen LogP contribution in [0.15, 0.2) is 77.4 Å². The first kappa shape index (κ1) is 19.4. The van der Waals surface area contributed by atoms with Crippen molar-refractivity contribution in [1.82, 2.24) is 15.8 Å². The highest BCUT2D eigenvalue weighted by atomic mass is 79.9. The molecule has 0 saturated heterocycles. The van der Waals surface area contributed by atoms with Crippen molar-refractivity contribution in [3.63, 3.8) is 0 Å². The van der Waals surface area contributed by atoms with E-state index in [2.05, 4.69) is 31.8 Å². The maximum atomic E-state index is 11.9. The van der Waals surface area contributed by atoms with Crippen molar-refractivity contribution in [2.24, 2.45) is 0 Å². The molecule has 8 heteroatoms. The number of benzene rings is 2. The molecule has 0 spiro atoms. The van der Waals surface area contributed by atoms with Crippen molar-refractivity contribution in [2.75, 3.05) is 6.61 Å². The number of rotatable bonds is 6. The van der Waals surface area contributed by atoms with E-state index in [0.717, 1.165) is 4.47 Å². The second kappa shape index (κ2) is 9.52. The van der Waals surface area contributed by atoms with Gasteiger partial charge in [-0.3, -0.25) is 20.4 Å². The molecule has 7 nitrogen and oxygen atoms in total. The van der Waals surface area contributed by atoms with Gasteiger partial charge in [0.25, 0.3) is 11.8 Å². The van der Waals surface area contributed by atoms with E-state index in [1.165, 1.54) is 0 Å². The molecule has 3 rings (SSSR count). The van der Waals surface area contributed by atoms with Crippen molar-refractivity contribution in [1.29, 1.82) is 0 Å². The van der Waals surface area contributed by atoms with Crippen LogP contribution in [0.2, 0.25) is 0 Å². The third kappa shape index (κ3) is 5.82. The van der Waals surface area contributed by atoms with Crippen LogP contribution in [0.1, 0.15) is 10.4 Å². The SMILES string of the molecule is O=C(COc1cccc(Oc2ccccn2)c1)NNC(=O)c1ccc(Br)cc1. The van der Waals surface area contributed by atoms with E-state index in [-0.39, 0.29) is 6.61 Å². The molecule has 0 unspecified atom stereocenters. The van der Waals surface area contributed by atoms with Crippen LogP contribution in [0.4, 0.5) is 0 Å². The van der Waals surface area contributed by atoms with Crippen molar-refractivity contribution in [3.8, 4) is 17.4 Å². The number of ether oxygens (including phenoxy) is 2. The number of hydrogen-bond donors (Lipinski definition) is 2. The van der Waals surface area contributed by atoms with Gasteiger partial charge in [-0.15, -0.1) is 0 Å². The second-order valence-electron chi connectivity index (χ2n) is 5.54. The topological polar surface area (TPSA) is 89.6 Å². The standard InChI is InChI=1S/C20H16BrN3O4/c21-15-9-7-14(8-10-15)20(26)24-23-18(25)13-27-16-4-3-5-17(12-16)28-19-6-1-2-11-22-19/h1-12H,13H2,(H,23,25)(H,24,26). The Bertz CT molecular complexity index is 949. The Morgan fingerprint density at radius 2 is 1.71 bits per heavy atom. The maximum absolute atomic E-state index is 11.9. The lowest BCUT2D eigenvalue weighted by Crippen LogP contribution is -2.43. The summed E-state index contributed by atoms with van der Waals surface area (Å²) in [5.41, 5.74) is 5.06. The molecule has 1 aromatic heterocycles. The smallest absolute Gasteiger partial charge is 0.276 e. The molecule has 28 heavy (non-hydrogen) atoms. The Balaban J connectivity index is 1.47. The number of aromatic nitrogens is 1. The monoisotopic (exact) mass is 441 g/mol. The van der Waals surface area contributed by atoms with Crippen molar-refractivity contribution >= 4 is 27.7 Å². The van der Waals surface area contributed by atoms with E-state index in [4.69, 9.17) is 9.47 Å². The number of hydrogen-bond acceptors (Lipinski definition) is 5. The first-order valence-electron chi connectivity index (χ1n) is 8.27. The summed E-state index contributed by atoms with van der Waals surface area (Å²) in [7, 11) is 0. The van der Waals surface area contributed by atoms with Crippen molar-refractivity contribution in [3.05, 3.63) is 83.0 Å². The molecule has 2 aromatic carbocycles. The summed E-state index contributed by atoms with van der Waals surface area (Å²) in [6.45, 7) is -0.270. The van der Waals surface area contributed by atoms with Crippen LogP contribution < -0.4 is 20.3 Å². The van der Waals surface area contributed by atoms with Crippen LogP contribution in [-0.4, -0.2) is 23.4 Å². The molecule has 0 radical (unpaired) electrons. The summed E-state index contributed by atoms with van der Waals surface area (Å²) in [5, 5.41) is 0. The number of hydrazine groups is 1. The third-order valence-corrected chi connectivity index (χ3v) is 3.99.